The van der Waals surface area contributed by atoms with Gasteiger partial charge in [-0.25, -0.2) is 4.79 Å². The second-order valence-corrected chi connectivity index (χ2v) is 4.64. The van der Waals surface area contributed by atoms with Gasteiger partial charge in [-0.15, -0.1) is 0 Å². The van der Waals surface area contributed by atoms with Crippen molar-refractivity contribution in [2.75, 3.05) is 18.5 Å². The number of hydrogen-bond donors (Lipinski definition) is 3. The third-order valence-corrected chi connectivity index (χ3v) is 2.88. The molecule has 124 valence electrons. The monoisotopic (exact) mass is 330 g/mol. The van der Waals surface area contributed by atoms with Crippen molar-refractivity contribution in [2.24, 2.45) is 0 Å². The van der Waals surface area contributed by atoms with E-state index in [1.807, 2.05) is 0 Å². The number of urea groups is 1. The molecular weight excluding hydrogens is 317 g/mol. The molecule has 0 saturated heterocycles. The fraction of sp³-hybridized carbons (Fsp3) is 0.286. The summed E-state index contributed by atoms with van der Waals surface area (Å²) >= 11 is 0. The van der Waals surface area contributed by atoms with Crippen LogP contribution in [0.2, 0.25) is 0 Å². The number of carbonyl (C=O) groups excluding carboxylic acids is 1. The summed E-state index contributed by atoms with van der Waals surface area (Å²) in [6.07, 6.45) is -4.37. The van der Waals surface area contributed by atoms with Crippen LogP contribution >= 0.6 is 0 Å². The molecule has 1 aromatic heterocycles. The Morgan fingerprint density at radius 2 is 2.00 bits per heavy atom. The van der Waals surface area contributed by atoms with Crippen LogP contribution in [0.1, 0.15) is 12.2 Å². The Morgan fingerprint density at radius 1 is 1.26 bits per heavy atom. The number of carbonyl (C=O) groups is 1. The van der Waals surface area contributed by atoms with Gasteiger partial charge in [-0.05, 0) is 24.6 Å². The Balaban J connectivity index is 2.24. The number of hydrogen-bond acceptors (Lipinski definition) is 4. The third kappa shape index (κ3) is 4.22. The van der Waals surface area contributed by atoms with E-state index in [0.29, 0.717) is 12.5 Å². The molecule has 1 aromatic carbocycles. The maximum atomic E-state index is 12.6. The van der Waals surface area contributed by atoms with Gasteiger partial charge in [-0.1, -0.05) is 0 Å². The van der Waals surface area contributed by atoms with Crippen LogP contribution in [0.5, 0.6) is 0 Å². The lowest BCUT2D eigenvalue weighted by Crippen LogP contribution is -2.29. The Bertz CT molecular complexity index is 771. The van der Waals surface area contributed by atoms with Crippen LogP contribution in [0, 0.1) is 0 Å². The average Bonchev–Trinajstić information content (AvgIpc) is 2.47. The highest BCUT2D eigenvalue weighted by atomic mass is 19.4. The Labute approximate surface area is 127 Å². The first-order chi connectivity index (χ1) is 10.8. The summed E-state index contributed by atoms with van der Waals surface area (Å²) in [6.45, 7) is 0.186. The van der Waals surface area contributed by atoms with E-state index in [2.05, 4.69) is 15.1 Å². The van der Waals surface area contributed by atoms with Crippen molar-refractivity contribution in [1.29, 1.82) is 0 Å². The van der Waals surface area contributed by atoms with Gasteiger partial charge >= 0.3 is 12.2 Å². The summed E-state index contributed by atoms with van der Waals surface area (Å²) in [6, 6.07) is 3.53. The first-order valence-electron chi connectivity index (χ1n) is 6.62. The summed E-state index contributed by atoms with van der Waals surface area (Å²) in [5.41, 5.74) is -0.856. The number of halogens is 3. The first-order valence-corrected chi connectivity index (χ1v) is 6.62. The van der Waals surface area contributed by atoms with Gasteiger partial charge in [0.1, 0.15) is 5.58 Å². The van der Waals surface area contributed by atoms with E-state index in [1.165, 1.54) is 18.2 Å². The minimum atomic E-state index is -4.75. The smallest absolute Gasteiger partial charge is 0.449 e. The molecule has 0 spiro atoms. The number of fused-ring (bicyclic) bond motifs is 1. The van der Waals surface area contributed by atoms with Gasteiger partial charge < -0.3 is 20.2 Å². The minimum Gasteiger partial charge on any atom is -0.451 e. The summed E-state index contributed by atoms with van der Waals surface area (Å²) in [7, 11) is 0. The number of aliphatic hydroxyl groups is 1. The van der Waals surface area contributed by atoms with E-state index < -0.39 is 23.4 Å². The fourth-order valence-corrected chi connectivity index (χ4v) is 1.83. The van der Waals surface area contributed by atoms with Crippen molar-refractivity contribution in [2.45, 2.75) is 12.6 Å². The molecule has 0 bridgehead atoms. The Kier molecular flexibility index (Phi) is 4.89. The third-order valence-electron chi connectivity index (χ3n) is 2.88. The van der Waals surface area contributed by atoms with Gasteiger partial charge in [0, 0.05) is 24.9 Å². The minimum absolute atomic E-state index is 0.0706. The van der Waals surface area contributed by atoms with E-state index in [9.17, 15) is 22.8 Å². The SMILES string of the molecule is O=C(NCCCO)Nc1ccc2oc(C(F)(F)F)cc(=O)c2c1. The second-order valence-electron chi connectivity index (χ2n) is 4.64. The van der Waals surface area contributed by atoms with Crippen molar-refractivity contribution in [1.82, 2.24) is 5.32 Å². The van der Waals surface area contributed by atoms with Crippen LogP contribution in [0.4, 0.5) is 23.7 Å². The van der Waals surface area contributed by atoms with Crippen LogP contribution in [0.25, 0.3) is 11.0 Å². The van der Waals surface area contributed by atoms with Crippen molar-refractivity contribution in [3.05, 3.63) is 40.2 Å². The van der Waals surface area contributed by atoms with Crippen molar-refractivity contribution in [3.63, 3.8) is 0 Å². The van der Waals surface area contributed by atoms with Crippen LogP contribution < -0.4 is 16.1 Å². The van der Waals surface area contributed by atoms with Gasteiger partial charge in [-0.3, -0.25) is 4.79 Å². The van der Waals surface area contributed by atoms with Gasteiger partial charge in [0.2, 0.25) is 5.76 Å². The van der Waals surface area contributed by atoms with Gasteiger partial charge in [0.25, 0.3) is 0 Å². The van der Waals surface area contributed by atoms with E-state index in [0.717, 1.165) is 0 Å². The lowest BCUT2D eigenvalue weighted by molar-refractivity contribution is -0.152. The molecule has 0 fully saturated rings. The van der Waals surface area contributed by atoms with Crippen LogP contribution in [0.15, 0.2) is 33.5 Å². The molecule has 0 aliphatic carbocycles. The van der Waals surface area contributed by atoms with Gasteiger partial charge in [0.05, 0.1) is 5.39 Å². The molecule has 6 nitrogen and oxygen atoms in total. The summed E-state index contributed by atoms with van der Waals surface area (Å²) < 4.78 is 42.4. The van der Waals surface area contributed by atoms with E-state index >= 15 is 0 Å². The van der Waals surface area contributed by atoms with Crippen LogP contribution in [-0.2, 0) is 6.18 Å². The van der Waals surface area contributed by atoms with Crippen molar-refractivity contribution < 1.29 is 27.5 Å². The van der Waals surface area contributed by atoms with Gasteiger partial charge in [0.15, 0.2) is 5.43 Å². The molecule has 0 aliphatic heterocycles. The molecule has 0 unspecified atom stereocenters. The quantitative estimate of drug-likeness (QED) is 0.750. The molecule has 0 aliphatic rings. The maximum absolute atomic E-state index is 12.6. The van der Waals surface area contributed by atoms with E-state index in [-0.39, 0.29) is 29.8 Å². The normalized spacial score (nSPS) is 11.5. The highest BCUT2D eigenvalue weighted by Crippen LogP contribution is 2.30. The van der Waals surface area contributed by atoms with Crippen LogP contribution in [-0.4, -0.2) is 24.3 Å². The Hall–Kier alpha value is -2.55. The number of nitrogens with one attached hydrogen (secondary N) is 2. The number of alkyl halides is 3. The molecule has 0 saturated carbocycles. The van der Waals surface area contributed by atoms with Crippen molar-refractivity contribution >= 4 is 22.7 Å². The number of rotatable bonds is 4. The zero-order valence-corrected chi connectivity index (χ0v) is 11.7. The molecule has 1 heterocycles. The molecule has 2 amide bonds. The lowest BCUT2D eigenvalue weighted by atomic mass is 10.2. The predicted octanol–water partition coefficient (Wildman–Crippen LogP) is 2.32. The summed E-state index contributed by atoms with van der Waals surface area (Å²) in [5, 5.41) is 13.4. The molecule has 0 atom stereocenters. The molecule has 9 heteroatoms. The highest BCUT2D eigenvalue weighted by Gasteiger charge is 2.34. The van der Waals surface area contributed by atoms with E-state index in [4.69, 9.17) is 5.11 Å². The van der Waals surface area contributed by atoms with Crippen LogP contribution in [0.3, 0.4) is 0 Å². The predicted molar refractivity (Wildman–Crippen MR) is 76.2 cm³/mol. The lowest BCUT2D eigenvalue weighted by Gasteiger charge is -2.09. The number of anilines is 1. The summed E-state index contributed by atoms with van der Waals surface area (Å²) in [4.78, 5) is 23.3. The zero-order valence-electron chi connectivity index (χ0n) is 11.7. The number of benzene rings is 1. The molecule has 2 rings (SSSR count). The zero-order chi connectivity index (χ0) is 17.0. The number of aliphatic hydroxyl groups excluding tert-OH is 1. The second kappa shape index (κ2) is 6.69. The fourth-order valence-electron chi connectivity index (χ4n) is 1.83. The van der Waals surface area contributed by atoms with Crippen molar-refractivity contribution in [3.8, 4) is 0 Å². The van der Waals surface area contributed by atoms with Gasteiger partial charge in [-0.2, -0.15) is 13.2 Å². The molecular formula is C14H13F3N2O4. The molecule has 2 aromatic rings. The average molecular weight is 330 g/mol. The topological polar surface area (TPSA) is 91.6 Å². The highest BCUT2D eigenvalue weighted by molar-refractivity contribution is 5.92. The Morgan fingerprint density at radius 3 is 2.65 bits per heavy atom. The maximum Gasteiger partial charge on any atom is 0.449 e. The molecule has 3 N–H and O–H groups in total. The first kappa shape index (κ1) is 16.8. The largest absolute Gasteiger partial charge is 0.451 e. The summed E-state index contributed by atoms with van der Waals surface area (Å²) in [5.74, 6) is -1.38. The molecule has 23 heavy (non-hydrogen) atoms. The number of amides is 2. The standard InChI is InChI=1S/C14H13F3N2O4/c15-14(16,17)12-7-10(21)9-6-8(2-3-11(9)23-12)19-13(22)18-4-1-5-20/h2-3,6-7,20H,1,4-5H2,(H2,18,19,22). The molecule has 0 radical (unpaired) electrons. The van der Waals surface area contributed by atoms with E-state index in [1.54, 1.807) is 0 Å².